The van der Waals surface area contributed by atoms with Gasteiger partial charge in [0.25, 0.3) is 0 Å². The lowest BCUT2D eigenvalue weighted by Gasteiger charge is -2.24. The minimum atomic E-state index is -4.40. The second kappa shape index (κ2) is 76.4. The van der Waals surface area contributed by atoms with Gasteiger partial charge in [-0.25, -0.2) is 4.57 Å². The number of nitrogens with zero attached hydrogens (tertiary/aromatic N) is 1. The fourth-order valence-electron chi connectivity index (χ4n) is 12.2. The first-order chi connectivity index (χ1) is 47.0. The van der Waals surface area contributed by atoms with E-state index in [2.05, 4.69) is 98.9 Å². The largest absolute Gasteiger partial charge is 0.472 e. The quantitative estimate of drug-likeness (QED) is 0.0211. The average Bonchev–Trinajstić information content (AvgIpc) is 1.97. The topological polar surface area (TPSA) is 108 Å². The zero-order chi connectivity index (χ0) is 69.7. The summed E-state index contributed by atoms with van der Waals surface area (Å²) in [5, 5.41) is 0. The number of phosphoric acid groups is 1. The number of hydrogen-bond acceptors (Lipinski definition) is 7. The number of hydrogen-bond donors (Lipinski definition) is 1. The Balaban J connectivity index is 3.91. The summed E-state index contributed by atoms with van der Waals surface area (Å²) in [5.41, 5.74) is 0. The number of allylic oxidation sites excluding steroid dienone is 14. The number of ether oxygens (including phenoxy) is 2. The van der Waals surface area contributed by atoms with Crippen LogP contribution in [0.2, 0.25) is 0 Å². The Morgan fingerprint density at radius 1 is 0.333 bits per heavy atom. The van der Waals surface area contributed by atoms with Gasteiger partial charge in [-0.05, 0) is 70.6 Å². The van der Waals surface area contributed by atoms with Gasteiger partial charge in [-0.2, -0.15) is 0 Å². The SMILES string of the molecule is CC/C=C\C/C=C\C/C=C\C/C=C\C/C=C\C/C=C\C/C=C\CCCCCCCCCCCC(=O)OC(COC(=O)CCCCCCCCCCCCCCCCCCCCCCCCCCCCCCCCCCCCCCCCCCC)COP(=O)(O)OCC[N+](C)(C)C. The van der Waals surface area contributed by atoms with Crippen LogP contribution in [0.25, 0.3) is 0 Å². The molecule has 2 atom stereocenters. The number of quaternary nitrogens is 1. The zero-order valence-corrected chi connectivity index (χ0v) is 65.0. The molecule has 0 fully saturated rings. The number of carbonyl (C=O) groups excluding carboxylic acids is 2. The molecular weight excluding hydrogens is 1210 g/mol. The van der Waals surface area contributed by atoms with Crippen LogP contribution in [0.1, 0.15) is 399 Å². The zero-order valence-electron chi connectivity index (χ0n) is 64.1. The van der Waals surface area contributed by atoms with Crippen molar-refractivity contribution in [3.63, 3.8) is 0 Å². The van der Waals surface area contributed by atoms with E-state index in [4.69, 9.17) is 18.5 Å². The maximum atomic E-state index is 12.9. The Bertz CT molecular complexity index is 1900. The first-order valence-electron chi connectivity index (χ1n) is 41.3. The van der Waals surface area contributed by atoms with E-state index in [0.717, 1.165) is 89.9 Å². The number of esters is 2. The summed E-state index contributed by atoms with van der Waals surface area (Å²) in [4.78, 5) is 36.0. The summed E-state index contributed by atoms with van der Waals surface area (Å²) in [6.07, 6.45) is 106. The lowest BCUT2D eigenvalue weighted by atomic mass is 10.0. The van der Waals surface area contributed by atoms with Gasteiger partial charge >= 0.3 is 19.8 Å². The van der Waals surface area contributed by atoms with Gasteiger partial charge in [-0.3, -0.25) is 18.6 Å². The van der Waals surface area contributed by atoms with Crippen LogP contribution in [-0.2, 0) is 32.7 Å². The molecule has 0 radical (unpaired) electrons. The van der Waals surface area contributed by atoms with Crippen molar-refractivity contribution < 1.29 is 42.1 Å². The van der Waals surface area contributed by atoms with Crippen molar-refractivity contribution in [2.75, 3.05) is 47.5 Å². The normalized spacial score (nSPS) is 13.4. The molecule has 0 aromatic carbocycles. The van der Waals surface area contributed by atoms with Crippen LogP contribution in [0, 0.1) is 0 Å². The van der Waals surface area contributed by atoms with Crippen LogP contribution in [0.4, 0.5) is 0 Å². The van der Waals surface area contributed by atoms with E-state index in [-0.39, 0.29) is 32.0 Å². The van der Waals surface area contributed by atoms with E-state index >= 15 is 0 Å². The minimum Gasteiger partial charge on any atom is -0.462 e. The van der Waals surface area contributed by atoms with Crippen LogP contribution in [-0.4, -0.2) is 74.9 Å². The van der Waals surface area contributed by atoms with Crippen molar-refractivity contribution in [2.24, 2.45) is 0 Å². The van der Waals surface area contributed by atoms with E-state index < -0.39 is 26.5 Å². The van der Waals surface area contributed by atoms with E-state index in [1.165, 1.54) is 276 Å². The molecule has 0 aliphatic carbocycles. The van der Waals surface area contributed by atoms with Crippen LogP contribution >= 0.6 is 7.82 Å². The second-order valence-electron chi connectivity index (χ2n) is 29.1. The maximum absolute atomic E-state index is 12.9. The highest BCUT2D eigenvalue weighted by Crippen LogP contribution is 2.43. The van der Waals surface area contributed by atoms with Gasteiger partial charge in [-0.1, -0.05) is 401 Å². The first-order valence-corrected chi connectivity index (χ1v) is 42.8. The third kappa shape index (κ3) is 80.2. The van der Waals surface area contributed by atoms with Crippen molar-refractivity contribution >= 4 is 19.8 Å². The molecule has 9 nitrogen and oxygen atoms in total. The molecule has 2 unspecified atom stereocenters. The molecule has 0 saturated carbocycles. The van der Waals surface area contributed by atoms with Gasteiger partial charge in [0.2, 0.25) is 0 Å². The van der Waals surface area contributed by atoms with Crippen LogP contribution in [0.15, 0.2) is 85.1 Å². The van der Waals surface area contributed by atoms with Crippen LogP contribution in [0.5, 0.6) is 0 Å². The molecule has 0 heterocycles. The number of unbranched alkanes of at least 4 members (excludes halogenated alkanes) is 49. The number of likely N-dealkylation sites (N-methyl/N-ethyl adjacent to an activating group) is 1. The molecule has 0 aliphatic heterocycles. The third-order valence-electron chi connectivity index (χ3n) is 18.4. The first kappa shape index (κ1) is 93.2. The van der Waals surface area contributed by atoms with Crippen molar-refractivity contribution in [1.29, 1.82) is 0 Å². The van der Waals surface area contributed by atoms with E-state index in [9.17, 15) is 19.0 Å². The van der Waals surface area contributed by atoms with Gasteiger partial charge in [0.05, 0.1) is 27.7 Å². The van der Waals surface area contributed by atoms with Gasteiger partial charge in [0.1, 0.15) is 19.8 Å². The van der Waals surface area contributed by atoms with Gasteiger partial charge in [0.15, 0.2) is 6.10 Å². The van der Waals surface area contributed by atoms with Crippen molar-refractivity contribution in [1.82, 2.24) is 0 Å². The molecule has 0 aromatic heterocycles. The number of rotatable bonds is 77. The molecule has 1 N–H and O–H groups in total. The molecule has 10 heteroatoms. The van der Waals surface area contributed by atoms with Crippen molar-refractivity contribution in [3.05, 3.63) is 85.1 Å². The Hall–Kier alpha value is -2.81. The van der Waals surface area contributed by atoms with E-state index in [0.29, 0.717) is 17.4 Å². The van der Waals surface area contributed by atoms with Gasteiger partial charge < -0.3 is 18.9 Å². The Labute approximate surface area is 596 Å². The van der Waals surface area contributed by atoms with Crippen LogP contribution < -0.4 is 0 Å². The summed E-state index contributed by atoms with van der Waals surface area (Å²) < 4.78 is 34.8. The standard InChI is InChI=1S/C86H158NO8P/c1-6-8-10-12-14-16-18-20-22-24-26-28-30-32-34-36-38-39-40-41-42-43-44-45-46-47-49-50-52-54-56-58-60-62-64-66-68-70-72-74-76-78-85(88)92-82-84(83-94-96(90,91)93-81-80-87(3,4)5)95-86(89)79-77-75-73-71-69-67-65-63-61-59-57-55-53-51-48-37-35-33-31-29-27-25-23-21-19-17-15-13-11-9-7-2/h9,11,15,17,21,23,27,29,33,35,48,51,55,57,84H,6-8,10,12-14,16,18-20,22,24-26,28,30-32,34,36-47,49-50,52-54,56,58-83H2,1-5H3/p+1/b11-9-,17-15-,23-21-,29-27-,35-33-,51-48-,57-55-. The Kier molecular flexibility index (Phi) is 74.1. The summed E-state index contributed by atoms with van der Waals surface area (Å²) in [6.45, 7) is 4.37. The molecule has 0 rings (SSSR count). The minimum absolute atomic E-state index is 0.0287. The number of carbonyl (C=O) groups is 2. The Morgan fingerprint density at radius 2 is 0.594 bits per heavy atom. The lowest BCUT2D eigenvalue weighted by Crippen LogP contribution is -2.37. The van der Waals surface area contributed by atoms with Crippen molar-refractivity contribution in [2.45, 2.75) is 405 Å². The van der Waals surface area contributed by atoms with Gasteiger partial charge in [-0.15, -0.1) is 0 Å². The fourth-order valence-corrected chi connectivity index (χ4v) is 12.9. The number of phosphoric ester groups is 1. The van der Waals surface area contributed by atoms with Gasteiger partial charge in [0, 0.05) is 12.8 Å². The molecule has 0 saturated heterocycles. The molecule has 0 aromatic rings. The highest BCUT2D eigenvalue weighted by Gasteiger charge is 2.27. The maximum Gasteiger partial charge on any atom is 0.472 e. The molecular formula is C86H159NO8P+. The molecule has 96 heavy (non-hydrogen) atoms. The second-order valence-corrected chi connectivity index (χ2v) is 30.6. The average molecular weight is 1370 g/mol. The highest BCUT2D eigenvalue weighted by molar-refractivity contribution is 7.47. The smallest absolute Gasteiger partial charge is 0.462 e. The van der Waals surface area contributed by atoms with Crippen LogP contribution in [0.3, 0.4) is 0 Å². The third-order valence-corrected chi connectivity index (χ3v) is 19.4. The predicted octanol–water partition coefficient (Wildman–Crippen LogP) is 27.6. The summed E-state index contributed by atoms with van der Waals surface area (Å²) in [7, 11) is 1.48. The molecule has 0 bridgehead atoms. The summed E-state index contributed by atoms with van der Waals surface area (Å²) in [5.74, 6) is -0.791. The summed E-state index contributed by atoms with van der Waals surface area (Å²) >= 11 is 0. The monoisotopic (exact) mass is 1370 g/mol. The molecule has 0 spiro atoms. The highest BCUT2D eigenvalue weighted by atomic mass is 31.2. The lowest BCUT2D eigenvalue weighted by molar-refractivity contribution is -0.870. The van der Waals surface area contributed by atoms with E-state index in [1.54, 1.807) is 0 Å². The molecule has 0 aliphatic rings. The van der Waals surface area contributed by atoms with Crippen molar-refractivity contribution in [3.8, 4) is 0 Å². The molecule has 560 valence electrons. The fraction of sp³-hybridized carbons (Fsp3) is 0.814. The Morgan fingerprint density at radius 3 is 0.885 bits per heavy atom. The predicted molar refractivity (Wildman–Crippen MR) is 418 cm³/mol. The summed E-state index contributed by atoms with van der Waals surface area (Å²) in [6, 6.07) is 0. The molecule has 0 amide bonds. The van der Waals surface area contributed by atoms with E-state index in [1.807, 2.05) is 21.1 Å².